The molecule has 0 aliphatic rings. The van der Waals surface area contributed by atoms with Crippen molar-refractivity contribution in [1.82, 2.24) is 5.32 Å². The van der Waals surface area contributed by atoms with Gasteiger partial charge in [0.25, 0.3) is 0 Å². The van der Waals surface area contributed by atoms with Crippen molar-refractivity contribution in [1.29, 1.82) is 0 Å². The largest absolute Gasteiger partial charge is 0.350 e. The second-order valence-electron chi connectivity index (χ2n) is 3.55. The van der Waals surface area contributed by atoms with Crippen molar-refractivity contribution in [3.8, 4) is 0 Å². The van der Waals surface area contributed by atoms with Crippen LogP contribution in [0.4, 0.5) is 0 Å². The fourth-order valence-electron chi connectivity index (χ4n) is 1.11. The van der Waals surface area contributed by atoms with E-state index in [9.17, 15) is 4.79 Å². The normalized spacial score (nSPS) is 10.9. The molecule has 0 fully saturated rings. The fraction of sp³-hybridized carbons (Fsp3) is 0.250. The number of benzene rings is 1. The Morgan fingerprint density at radius 3 is 2.80 bits per heavy atom. The quantitative estimate of drug-likeness (QED) is 0.785. The zero-order valence-corrected chi connectivity index (χ0v) is 9.58. The molecule has 0 unspecified atom stereocenters. The lowest BCUT2D eigenvalue weighted by Gasteiger charge is -2.04. The number of nitrogens with one attached hydrogen (secondary N) is 1. The SMILES string of the molecule is CC(C)NC(=O)C=Cc1cccc(Cl)c1. The number of hydrogen-bond donors (Lipinski definition) is 1. The third kappa shape index (κ3) is 4.66. The summed E-state index contributed by atoms with van der Waals surface area (Å²) >= 11 is 5.81. The summed E-state index contributed by atoms with van der Waals surface area (Å²) in [6.07, 6.45) is 3.25. The summed E-state index contributed by atoms with van der Waals surface area (Å²) in [7, 11) is 0. The molecule has 0 aliphatic carbocycles. The highest BCUT2D eigenvalue weighted by molar-refractivity contribution is 6.30. The van der Waals surface area contributed by atoms with Gasteiger partial charge in [-0.1, -0.05) is 23.7 Å². The predicted octanol–water partition coefficient (Wildman–Crippen LogP) is 2.88. The molecule has 1 aromatic rings. The highest BCUT2D eigenvalue weighted by Crippen LogP contribution is 2.11. The lowest BCUT2D eigenvalue weighted by Crippen LogP contribution is -2.28. The highest BCUT2D eigenvalue weighted by atomic mass is 35.5. The molecule has 2 nitrogen and oxygen atoms in total. The Morgan fingerprint density at radius 1 is 1.47 bits per heavy atom. The van der Waals surface area contributed by atoms with Crippen LogP contribution in [0.5, 0.6) is 0 Å². The van der Waals surface area contributed by atoms with Gasteiger partial charge in [0.05, 0.1) is 0 Å². The summed E-state index contributed by atoms with van der Waals surface area (Å²) < 4.78 is 0. The van der Waals surface area contributed by atoms with Crippen LogP contribution in [-0.4, -0.2) is 11.9 Å². The number of carbonyl (C=O) groups is 1. The maximum atomic E-state index is 11.3. The van der Waals surface area contributed by atoms with Gasteiger partial charge in [0.2, 0.25) is 5.91 Å². The smallest absolute Gasteiger partial charge is 0.244 e. The number of rotatable bonds is 3. The van der Waals surface area contributed by atoms with E-state index in [0.29, 0.717) is 5.02 Å². The predicted molar refractivity (Wildman–Crippen MR) is 63.8 cm³/mol. The summed E-state index contributed by atoms with van der Waals surface area (Å²) in [5, 5.41) is 3.44. The molecule has 0 saturated heterocycles. The fourth-order valence-corrected chi connectivity index (χ4v) is 1.31. The number of halogens is 1. The van der Waals surface area contributed by atoms with Crippen molar-refractivity contribution < 1.29 is 4.79 Å². The molecule has 0 saturated carbocycles. The Bertz CT molecular complexity index is 372. The topological polar surface area (TPSA) is 29.1 Å². The summed E-state index contributed by atoms with van der Waals surface area (Å²) in [6, 6.07) is 7.50. The van der Waals surface area contributed by atoms with Gasteiger partial charge in [0.15, 0.2) is 0 Å². The van der Waals surface area contributed by atoms with Crippen LogP contribution < -0.4 is 5.32 Å². The van der Waals surface area contributed by atoms with E-state index in [0.717, 1.165) is 5.56 Å². The molecule has 0 bridgehead atoms. The molecule has 15 heavy (non-hydrogen) atoms. The van der Waals surface area contributed by atoms with Crippen LogP contribution in [-0.2, 0) is 4.79 Å². The lowest BCUT2D eigenvalue weighted by molar-refractivity contribution is -0.116. The Hall–Kier alpha value is -1.28. The summed E-state index contributed by atoms with van der Waals surface area (Å²) in [5.74, 6) is -0.0926. The van der Waals surface area contributed by atoms with Crippen molar-refractivity contribution in [3.05, 3.63) is 40.9 Å². The van der Waals surface area contributed by atoms with E-state index in [-0.39, 0.29) is 11.9 Å². The Labute approximate surface area is 94.9 Å². The molecule has 0 aromatic heterocycles. The number of amides is 1. The maximum absolute atomic E-state index is 11.3. The van der Waals surface area contributed by atoms with Gasteiger partial charge < -0.3 is 5.32 Å². The zero-order valence-electron chi connectivity index (χ0n) is 8.83. The van der Waals surface area contributed by atoms with E-state index in [1.165, 1.54) is 6.08 Å². The average Bonchev–Trinajstić information content (AvgIpc) is 2.14. The minimum atomic E-state index is -0.0926. The molecule has 1 N–H and O–H groups in total. The second kappa shape index (κ2) is 5.56. The van der Waals surface area contributed by atoms with Crippen LogP contribution in [0.2, 0.25) is 5.02 Å². The Morgan fingerprint density at radius 2 is 2.20 bits per heavy atom. The first-order chi connectivity index (χ1) is 7.08. The zero-order chi connectivity index (χ0) is 11.3. The molecule has 1 aromatic carbocycles. The highest BCUT2D eigenvalue weighted by Gasteiger charge is 1.97. The third-order valence-electron chi connectivity index (χ3n) is 1.71. The van der Waals surface area contributed by atoms with Crippen molar-refractivity contribution in [2.45, 2.75) is 19.9 Å². The number of carbonyl (C=O) groups excluding carboxylic acids is 1. The minimum absolute atomic E-state index is 0.0926. The summed E-state index contributed by atoms with van der Waals surface area (Å²) in [5.41, 5.74) is 0.918. The van der Waals surface area contributed by atoms with Crippen molar-refractivity contribution in [2.24, 2.45) is 0 Å². The van der Waals surface area contributed by atoms with Crippen LogP contribution in [0.25, 0.3) is 6.08 Å². The van der Waals surface area contributed by atoms with Crippen molar-refractivity contribution in [2.75, 3.05) is 0 Å². The standard InChI is InChI=1S/C12H14ClNO/c1-9(2)14-12(15)7-6-10-4-3-5-11(13)8-10/h3-9H,1-2H3,(H,14,15). The van der Waals surface area contributed by atoms with Gasteiger partial charge in [-0.3, -0.25) is 4.79 Å². The van der Waals surface area contributed by atoms with Gasteiger partial charge in [-0.2, -0.15) is 0 Å². The lowest BCUT2D eigenvalue weighted by atomic mass is 10.2. The van der Waals surface area contributed by atoms with E-state index in [1.54, 1.807) is 18.2 Å². The van der Waals surface area contributed by atoms with Gasteiger partial charge in [-0.05, 0) is 37.6 Å². The molecule has 0 aliphatic heterocycles. The maximum Gasteiger partial charge on any atom is 0.244 e. The molecule has 80 valence electrons. The molecule has 0 spiro atoms. The Kier molecular flexibility index (Phi) is 4.37. The molecular formula is C12H14ClNO. The van der Waals surface area contributed by atoms with E-state index in [1.807, 2.05) is 26.0 Å². The summed E-state index contributed by atoms with van der Waals surface area (Å²) in [4.78, 5) is 11.3. The van der Waals surface area contributed by atoms with Crippen LogP contribution in [0.3, 0.4) is 0 Å². The van der Waals surface area contributed by atoms with Gasteiger partial charge in [-0.15, -0.1) is 0 Å². The van der Waals surface area contributed by atoms with Crippen LogP contribution in [0, 0.1) is 0 Å². The monoisotopic (exact) mass is 223 g/mol. The van der Waals surface area contributed by atoms with Gasteiger partial charge >= 0.3 is 0 Å². The first-order valence-corrected chi connectivity index (χ1v) is 5.20. The first-order valence-electron chi connectivity index (χ1n) is 4.82. The van der Waals surface area contributed by atoms with Crippen LogP contribution in [0.1, 0.15) is 19.4 Å². The molecular weight excluding hydrogens is 210 g/mol. The van der Waals surface area contributed by atoms with Gasteiger partial charge in [0, 0.05) is 17.1 Å². The molecule has 0 heterocycles. The molecule has 0 atom stereocenters. The van der Waals surface area contributed by atoms with E-state index >= 15 is 0 Å². The number of hydrogen-bond acceptors (Lipinski definition) is 1. The van der Waals surface area contributed by atoms with Crippen molar-refractivity contribution >= 4 is 23.6 Å². The van der Waals surface area contributed by atoms with E-state index in [2.05, 4.69) is 5.32 Å². The van der Waals surface area contributed by atoms with E-state index < -0.39 is 0 Å². The third-order valence-corrected chi connectivity index (χ3v) is 1.94. The van der Waals surface area contributed by atoms with Crippen molar-refractivity contribution in [3.63, 3.8) is 0 Å². The second-order valence-corrected chi connectivity index (χ2v) is 3.99. The van der Waals surface area contributed by atoms with E-state index in [4.69, 9.17) is 11.6 Å². The molecule has 3 heteroatoms. The average molecular weight is 224 g/mol. The first kappa shape index (κ1) is 11.8. The van der Waals surface area contributed by atoms with Crippen LogP contribution >= 0.6 is 11.6 Å². The summed E-state index contributed by atoms with van der Waals surface area (Å²) in [6.45, 7) is 3.84. The molecule has 1 rings (SSSR count). The van der Waals surface area contributed by atoms with Gasteiger partial charge in [-0.25, -0.2) is 0 Å². The Balaban J connectivity index is 2.61. The van der Waals surface area contributed by atoms with Gasteiger partial charge in [0.1, 0.15) is 0 Å². The molecule has 0 radical (unpaired) electrons. The molecule has 1 amide bonds. The minimum Gasteiger partial charge on any atom is -0.350 e. The van der Waals surface area contributed by atoms with Crippen LogP contribution in [0.15, 0.2) is 30.3 Å².